The summed E-state index contributed by atoms with van der Waals surface area (Å²) in [5.41, 5.74) is 1.68. The minimum atomic E-state index is -0.446. The average molecular weight is 279 g/mol. The number of benzene rings is 1. The molecular formula is C13H17N3O4. The lowest BCUT2D eigenvalue weighted by molar-refractivity contribution is -0.384. The van der Waals surface area contributed by atoms with Gasteiger partial charge in [-0.2, -0.15) is 0 Å². The molecule has 0 aromatic heterocycles. The first-order chi connectivity index (χ1) is 9.56. The summed E-state index contributed by atoms with van der Waals surface area (Å²) in [4.78, 5) is 23.9. The maximum Gasteiger partial charge on any atom is 0.292 e. The number of carbonyl (C=O) groups is 1. The molecular weight excluding hydrogens is 262 g/mol. The number of rotatable bonds is 6. The molecule has 0 bridgehead atoms. The molecule has 1 heterocycles. The molecule has 0 saturated heterocycles. The van der Waals surface area contributed by atoms with Crippen molar-refractivity contribution in [3.8, 4) is 0 Å². The van der Waals surface area contributed by atoms with Crippen LogP contribution in [0, 0.1) is 10.1 Å². The van der Waals surface area contributed by atoms with E-state index < -0.39 is 4.92 Å². The van der Waals surface area contributed by atoms with Crippen molar-refractivity contribution in [3.05, 3.63) is 27.8 Å². The van der Waals surface area contributed by atoms with Crippen LogP contribution in [0.5, 0.6) is 0 Å². The van der Waals surface area contributed by atoms with E-state index in [0.29, 0.717) is 30.0 Å². The molecule has 2 rings (SSSR count). The number of fused-ring (bicyclic) bond motifs is 1. The standard InChI is InChI=1S/C13H17N3O4/c1-2-3-15(4-5-17)11-8-10-9(7-13(18)14-10)6-12(11)16(19)20/h6,8,17H,2-5,7H2,1H3,(H,14,18). The zero-order chi connectivity index (χ0) is 14.7. The van der Waals surface area contributed by atoms with Crippen molar-refractivity contribution in [1.82, 2.24) is 0 Å². The Labute approximate surface area is 116 Å². The quantitative estimate of drug-likeness (QED) is 0.604. The summed E-state index contributed by atoms with van der Waals surface area (Å²) in [6, 6.07) is 3.08. The third-order valence-electron chi connectivity index (χ3n) is 3.23. The number of carbonyl (C=O) groups excluding carboxylic acids is 1. The summed E-state index contributed by atoms with van der Waals surface area (Å²) in [5, 5.41) is 23.0. The molecule has 7 heteroatoms. The van der Waals surface area contributed by atoms with Crippen molar-refractivity contribution in [3.63, 3.8) is 0 Å². The number of hydrogen-bond donors (Lipinski definition) is 2. The van der Waals surface area contributed by atoms with Crippen molar-refractivity contribution >= 4 is 23.0 Å². The highest BCUT2D eigenvalue weighted by atomic mass is 16.6. The minimum Gasteiger partial charge on any atom is -0.395 e. The van der Waals surface area contributed by atoms with Gasteiger partial charge in [0.05, 0.1) is 18.0 Å². The van der Waals surface area contributed by atoms with Gasteiger partial charge in [0.1, 0.15) is 5.69 Å². The molecule has 1 aliphatic heterocycles. The van der Waals surface area contributed by atoms with Gasteiger partial charge < -0.3 is 15.3 Å². The lowest BCUT2D eigenvalue weighted by Gasteiger charge is -2.23. The van der Waals surface area contributed by atoms with Crippen molar-refractivity contribution < 1.29 is 14.8 Å². The van der Waals surface area contributed by atoms with Gasteiger partial charge in [-0.3, -0.25) is 14.9 Å². The number of hydrogen-bond acceptors (Lipinski definition) is 5. The highest BCUT2D eigenvalue weighted by molar-refractivity contribution is 6.00. The van der Waals surface area contributed by atoms with Crippen LogP contribution in [0.25, 0.3) is 0 Å². The summed E-state index contributed by atoms with van der Waals surface area (Å²) < 4.78 is 0. The monoisotopic (exact) mass is 279 g/mol. The third kappa shape index (κ3) is 2.72. The van der Waals surface area contributed by atoms with E-state index in [0.717, 1.165) is 6.42 Å². The van der Waals surface area contributed by atoms with Crippen LogP contribution >= 0.6 is 0 Å². The molecule has 0 spiro atoms. The molecule has 20 heavy (non-hydrogen) atoms. The Morgan fingerprint density at radius 1 is 1.45 bits per heavy atom. The normalized spacial score (nSPS) is 13.0. The molecule has 108 valence electrons. The summed E-state index contributed by atoms with van der Waals surface area (Å²) >= 11 is 0. The second-order valence-corrected chi connectivity index (χ2v) is 4.69. The van der Waals surface area contributed by atoms with Crippen LogP contribution < -0.4 is 10.2 Å². The zero-order valence-corrected chi connectivity index (χ0v) is 11.3. The fourth-order valence-corrected chi connectivity index (χ4v) is 2.39. The van der Waals surface area contributed by atoms with Gasteiger partial charge in [-0.15, -0.1) is 0 Å². The average Bonchev–Trinajstić information content (AvgIpc) is 2.76. The number of amides is 1. The van der Waals surface area contributed by atoms with Gasteiger partial charge >= 0.3 is 0 Å². The zero-order valence-electron chi connectivity index (χ0n) is 11.3. The van der Waals surface area contributed by atoms with Crippen LogP contribution in [0.1, 0.15) is 18.9 Å². The highest BCUT2D eigenvalue weighted by Gasteiger charge is 2.26. The van der Waals surface area contributed by atoms with Gasteiger partial charge in [-0.25, -0.2) is 0 Å². The molecule has 2 N–H and O–H groups in total. The summed E-state index contributed by atoms with van der Waals surface area (Å²) in [7, 11) is 0. The molecule has 7 nitrogen and oxygen atoms in total. The SMILES string of the molecule is CCCN(CCO)c1cc2c(cc1[N+](=O)[O-])CC(=O)N2. The van der Waals surface area contributed by atoms with Crippen LogP contribution in [0.4, 0.5) is 17.1 Å². The number of aliphatic hydroxyl groups is 1. The van der Waals surface area contributed by atoms with E-state index in [9.17, 15) is 14.9 Å². The first-order valence-corrected chi connectivity index (χ1v) is 6.53. The maximum atomic E-state index is 11.4. The lowest BCUT2D eigenvalue weighted by atomic mass is 10.1. The Morgan fingerprint density at radius 3 is 2.80 bits per heavy atom. The van der Waals surface area contributed by atoms with E-state index in [1.807, 2.05) is 6.92 Å². The number of nitro groups is 1. The molecule has 1 aromatic carbocycles. The predicted molar refractivity (Wildman–Crippen MR) is 75.0 cm³/mol. The largest absolute Gasteiger partial charge is 0.395 e. The molecule has 0 unspecified atom stereocenters. The Kier molecular flexibility index (Phi) is 4.19. The summed E-state index contributed by atoms with van der Waals surface area (Å²) in [6.45, 7) is 2.81. The Hall–Kier alpha value is -2.15. The fourth-order valence-electron chi connectivity index (χ4n) is 2.39. The van der Waals surface area contributed by atoms with E-state index in [2.05, 4.69) is 5.32 Å². The Bertz CT molecular complexity index is 539. The number of nitro benzene ring substituents is 1. The topological polar surface area (TPSA) is 95.7 Å². The number of nitrogens with one attached hydrogen (secondary N) is 1. The predicted octanol–water partition coefficient (Wildman–Crippen LogP) is 1.30. The van der Waals surface area contributed by atoms with Gasteiger partial charge in [0.2, 0.25) is 5.91 Å². The van der Waals surface area contributed by atoms with Crippen LogP contribution in [0.15, 0.2) is 12.1 Å². The van der Waals surface area contributed by atoms with E-state index in [1.165, 1.54) is 6.07 Å². The van der Waals surface area contributed by atoms with Crippen LogP contribution in [0.2, 0.25) is 0 Å². The fraction of sp³-hybridized carbons (Fsp3) is 0.462. The van der Waals surface area contributed by atoms with Gasteiger partial charge in [-0.05, 0) is 18.1 Å². The van der Waals surface area contributed by atoms with Gasteiger partial charge in [0, 0.05) is 24.8 Å². The van der Waals surface area contributed by atoms with Gasteiger partial charge in [0.15, 0.2) is 0 Å². The second kappa shape index (κ2) is 5.87. The van der Waals surface area contributed by atoms with Crippen LogP contribution in [-0.4, -0.2) is 35.6 Å². The molecule has 0 atom stereocenters. The van der Waals surface area contributed by atoms with Gasteiger partial charge in [0.25, 0.3) is 5.69 Å². The Balaban J connectivity index is 2.47. The van der Waals surface area contributed by atoms with Crippen molar-refractivity contribution in [2.24, 2.45) is 0 Å². The van der Waals surface area contributed by atoms with Crippen LogP contribution in [0.3, 0.4) is 0 Å². The smallest absolute Gasteiger partial charge is 0.292 e. The van der Waals surface area contributed by atoms with E-state index in [1.54, 1.807) is 11.0 Å². The third-order valence-corrected chi connectivity index (χ3v) is 3.23. The number of nitrogens with zero attached hydrogens (tertiary/aromatic N) is 2. The lowest BCUT2D eigenvalue weighted by Crippen LogP contribution is -2.28. The molecule has 0 aliphatic carbocycles. The Morgan fingerprint density at radius 2 is 2.20 bits per heavy atom. The summed E-state index contributed by atoms with van der Waals surface area (Å²) in [5.74, 6) is -0.157. The van der Waals surface area contributed by atoms with Gasteiger partial charge in [-0.1, -0.05) is 6.92 Å². The highest BCUT2D eigenvalue weighted by Crippen LogP contribution is 2.36. The van der Waals surface area contributed by atoms with E-state index >= 15 is 0 Å². The number of aliphatic hydroxyl groups excluding tert-OH is 1. The second-order valence-electron chi connectivity index (χ2n) is 4.69. The summed E-state index contributed by atoms with van der Waals surface area (Å²) in [6.07, 6.45) is 0.977. The molecule has 1 aliphatic rings. The van der Waals surface area contributed by atoms with Crippen molar-refractivity contribution in [1.29, 1.82) is 0 Å². The molecule has 0 radical (unpaired) electrons. The van der Waals surface area contributed by atoms with E-state index in [-0.39, 0.29) is 24.6 Å². The molecule has 0 fully saturated rings. The first-order valence-electron chi connectivity index (χ1n) is 6.53. The van der Waals surface area contributed by atoms with Crippen molar-refractivity contribution in [2.45, 2.75) is 19.8 Å². The van der Waals surface area contributed by atoms with Crippen molar-refractivity contribution in [2.75, 3.05) is 29.9 Å². The van der Waals surface area contributed by atoms with E-state index in [4.69, 9.17) is 5.11 Å². The molecule has 0 saturated carbocycles. The number of anilines is 2. The maximum absolute atomic E-state index is 11.4. The van der Waals surface area contributed by atoms with Crippen LogP contribution in [-0.2, 0) is 11.2 Å². The molecule has 1 amide bonds. The first kappa shape index (κ1) is 14.3. The molecule has 1 aromatic rings. The minimum absolute atomic E-state index is 0.0258.